The highest BCUT2D eigenvalue weighted by atomic mass is 35.5. The summed E-state index contributed by atoms with van der Waals surface area (Å²) in [5, 5.41) is 9.04. The lowest BCUT2D eigenvalue weighted by Gasteiger charge is -2.22. The van der Waals surface area contributed by atoms with Crippen molar-refractivity contribution in [1.82, 2.24) is 0 Å². The van der Waals surface area contributed by atoms with Crippen LogP contribution in [0.2, 0.25) is 0 Å². The van der Waals surface area contributed by atoms with Crippen LogP contribution in [0.4, 0.5) is 5.69 Å². The molecule has 0 radical (unpaired) electrons. The average molecular weight is 248 g/mol. The zero-order valence-corrected chi connectivity index (χ0v) is 9.59. The van der Waals surface area contributed by atoms with Crippen molar-refractivity contribution >= 4 is 34.9 Å². The second-order valence-corrected chi connectivity index (χ2v) is 5.16. The number of hydrogen-bond donors (Lipinski definition) is 2. The number of rotatable bonds is 3. The Labute approximate surface area is 97.8 Å². The van der Waals surface area contributed by atoms with Crippen LogP contribution in [0.1, 0.15) is 18.4 Å². The lowest BCUT2D eigenvalue weighted by atomic mass is 9.95. The molecule has 1 aromatic carbocycles. The van der Waals surface area contributed by atoms with Gasteiger partial charge in [0, 0.05) is 5.69 Å². The summed E-state index contributed by atoms with van der Waals surface area (Å²) in [7, 11) is 0. The molecule has 0 heterocycles. The van der Waals surface area contributed by atoms with Gasteiger partial charge in [0.05, 0.1) is 0 Å². The molecule has 0 amide bonds. The van der Waals surface area contributed by atoms with E-state index in [9.17, 15) is 4.79 Å². The Morgan fingerprint density at radius 1 is 1.53 bits per heavy atom. The van der Waals surface area contributed by atoms with Gasteiger partial charge < -0.3 is 10.8 Å². The van der Waals surface area contributed by atoms with Crippen LogP contribution in [-0.4, -0.2) is 15.4 Å². The molecule has 1 rings (SSSR count). The predicted molar refractivity (Wildman–Crippen MR) is 61.3 cm³/mol. The average Bonchev–Trinajstić information content (AvgIpc) is 1.99. The van der Waals surface area contributed by atoms with Crippen LogP contribution in [0.3, 0.4) is 0 Å². The summed E-state index contributed by atoms with van der Waals surface area (Å²) < 4.78 is -1.38. The van der Waals surface area contributed by atoms with Gasteiger partial charge in [0.2, 0.25) is 0 Å². The van der Waals surface area contributed by atoms with Gasteiger partial charge >= 0.3 is 5.97 Å². The van der Waals surface area contributed by atoms with Crippen molar-refractivity contribution in [1.29, 1.82) is 0 Å². The third-order valence-corrected chi connectivity index (χ3v) is 2.43. The van der Waals surface area contributed by atoms with Gasteiger partial charge in [-0.25, -0.2) is 0 Å². The first-order valence-corrected chi connectivity index (χ1v) is 5.04. The minimum Gasteiger partial charge on any atom is -0.481 e. The fraction of sp³-hybridized carbons (Fsp3) is 0.300. The van der Waals surface area contributed by atoms with Gasteiger partial charge in [0.1, 0.15) is 10.3 Å². The number of halogens is 2. The molecule has 0 saturated heterocycles. The lowest BCUT2D eigenvalue weighted by Crippen LogP contribution is -2.27. The molecule has 0 aliphatic heterocycles. The molecule has 0 aliphatic rings. The molecule has 1 aromatic rings. The molecule has 82 valence electrons. The van der Waals surface area contributed by atoms with Crippen molar-refractivity contribution in [3.63, 3.8) is 0 Å². The minimum absolute atomic E-state index is 0.483. The van der Waals surface area contributed by atoms with E-state index < -0.39 is 16.2 Å². The molecule has 3 N–H and O–H groups in total. The Hall–Kier alpha value is -0.930. The number of nitrogen functional groups attached to an aromatic ring is 1. The zero-order valence-electron chi connectivity index (χ0n) is 8.08. The fourth-order valence-electron chi connectivity index (χ4n) is 1.39. The Morgan fingerprint density at radius 2 is 2.13 bits per heavy atom. The summed E-state index contributed by atoms with van der Waals surface area (Å²) in [5.41, 5.74) is 6.54. The summed E-state index contributed by atoms with van der Waals surface area (Å²) in [4.78, 5) is 11.0. The van der Waals surface area contributed by atoms with E-state index in [-0.39, 0.29) is 0 Å². The van der Waals surface area contributed by atoms with Gasteiger partial charge in [0.25, 0.3) is 0 Å². The zero-order chi connectivity index (χ0) is 11.6. The van der Waals surface area contributed by atoms with Gasteiger partial charge in [-0.1, -0.05) is 12.1 Å². The van der Waals surface area contributed by atoms with Crippen molar-refractivity contribution in [3.8, 4) is 0 Å². The Kier molecular flexibility index (Phi) is 3.47. The first-order valence-electron chi connectivity index (χ1n) is 4.28. The van der Waals surface area contributed by atoms with Crippen molar-refractivity contribution in [2.75, 3.05) is 5.73 Å². The molecule has 0 aromatic heterocycles. The van der Waals surface area contributed by atoms with Gasteiger partial charge in [-0.3, -0.25) is 4.79 Å². The fourth-order valence-corrected chi connectivity index (χ4v) is 1.83. The number of anilines is 1. The second-order valence-electron chi connectivity index (χ2n) is 3.40. The molecule has 1 atom stereocenters. The van der Waals surface area contributed by atoms with E-state index in [4.69, 9.17) is 34.0 Å². The normalized spacial score (nSPS) is 13.5. The van der Waals surface area contributed by atoms with E-state index in [2.05, 4.69) is 0 Å². The van der Waals surface area contributed by atoms with Crippen LogP contribution < -0.4 is 5.73 Å². The van der Waals surface area contributed by atoms with Crippen molar-refractivity contribution in [2.24, 2.45) is 0 Å². The molecule has 0 fully saturated rings. The number of aliphatic carboxylic acids is 1. The van der Waals surface area contributed by atoms with Gasteiger partial charge in [0.15, 0.2) is 0 Å². The largest absolute Gasteiger partial charge is 0.481 e. The summed E-state index contributed by atoms with van der Waals surface area (Å²) in [6.45, 7) is 1.44. The van der Waals surface area contributed by atoms with E-state index in [1.165, 1.54) is 6.92 Å². The molecular formula is C10H11Cl2NO2. The van der Waals surface area contributed by atoms with Crippen molar-refractivity contribution < 1.29 is 9.90 Å². The van der Waals surface area contributed by atoms with Crippen LogP contribution in [-0.2, 0) is 4.79 Å². The molecule has 1 unspecified atom stereocenters. The molecule has 3 nitrogen and oxygen atoms in total. The molecule has 0 spiro atoms. The van der Waals surface area contributed by atoms with E-state index in [1.54, 1.807) is 24.3 Å². The first-order chi connectivity index (χ1) is 6.82. The monoisotopic (exact) mass is 247 g/mol. The highest BCUT2D eigenvalue weighted by Gasteiger charge is 2.37. The number of carbonyl (C=O) groups is 1. The van der Waals surface area contributed by atoms with Gasteiger partial charge in [-0.05, 0) is 24.6 Å². The quantitative estimate of drug-likeness (QED) is 0.638. The van der Waals surface area contributed by atoms with Crippen molar-refractivity contribution in [3.05, 3.63) is 29.8 Å². The number of benzene rings is 1. The van der Waals surface area contributed by atoms with E-state index in [0.29, 0.717) is 11.3 Å². The van der Waals surface area contributed by atoms with E-state index >= 15 is 0 Å². The smallest absolute Gasteiger partial charge is 0.314 e. The van der Waals surface area contributed by atoms with Crippen LogP contribution in [0.15, 0.2) is 24.3 Å². The summed E-state index contributed by atoms with van der Waals surface area (Å²) in [6, 6.07) is 6.53. The number of nitrogens with two attached hydrogens (primary N) is 1. The predicted octanol–water partition coefficient (Wildman–Crippen LogP) is 2.63. The minimum atomic E-state index is -1.38. The SMILES string of the molecule is CC(Cl)(Cl)C(C(=O)O)c1cccc(N)c1. The van der Waals surface area contributed by atoms with Gasteiger partial charge in [-0.15, -0.1) is 23.2 Å². The molecule has 15 heavy (non-hydrogen) atoms. The van der Waals surface area contributed by atoms with Gasteiger partial charge in [-0.2, -0.15) is 0 Å². The third kappa shape index (κ3) is 3.01. The highest BCUT2D eigenvalue weighted by molar-refractivity contribution is 6.49. The summed E-state index contributed by atoms with van der Waals surface area (Å²) >= 11 is 11.6. The summed E-state index contributed by atoms with van der Waals surface area (Å²) in [6.07, 6.45) is 0. The Morgan fingerprint density at radius 3 is 2.53 bits per heavy atom. The number of hydrogen-bond acceptors (Lipinski definition) is 2. The summed E-state index contributed by atoms with van der Waals surface area (Å²) in [5.74, 6) is -2.07. The standard InChI is InChI=1S/C10H11Cl2NO2/c1-10(11,12)8(9(14)15)6-3-2-4-7(13)5-6/h2-5,8H,13H2,1H3,(H,14,15). The van der Waals surface area contributed by atoms with Crippen LogP contribution in [0, 0.1) is 0 Å². The number of carboxylic acid groups (broad SMARTS) is 1. The third-order valence-electron chi connectivity index (χ3n) is 2.00. The highest BCUT2D eigenvalue weighted by Crippen LogP contribution is 2.38. The molecule has 0 bridgehead atoms. The maximum Gasteiger partial charge on any atom is 0.314 e. The molecule has 5 heteroatoms. The Bertz CT molecular complexity index is 374. The second kappa shape index (κ2) is 4.29. The van der Waals surface area contributed by atoms with E-state index in [0.717, 1.165) is 0 Å². The van der Waals surface area contributed by atoms with E-state index in [1.807, 2.05) is 0 Å². The van der Waals surface area contributed by atoms with Crippen molar-refractivity contribution in [2.45, 2.75) is 17.2 Å². The maximum atomic E-state index is 11.0. The van der Waals surface area contributed by atoms with Crippen LogP contribution >= 0.6 is 23.2 Å². The number of carboxylic acids is 1. The lowest BCUT2D eigenvalue weighted by molar-refractivity contribution is -0.139. The van der Waals surface area contributed by atoms with Crippen LogP contribution in [0.5, 0.6) is 0 Å². The van der Waals surface area contributed by atoms with Crippen LogP contribution in [0.25, 0.3) is 0 Å². The Balaban J connectivity index is 3.16. The molecule has 0 saturated carbocycles. The molecular weight excluding hydrogens is 237 g/mol. The maximum absolute atomic E-state index is 11.0. The first kappa shape index (κ1) is 12.1. The topological polar surface area (TPSA) is 63.3 Å². The molecule has 0 aliphatic carbocycles. The number of alkyl halides is 2.